The number of nitrogens with zero attached hydrogens (tertiary/aromatic N) is 1. The molecule has 0 unspecified atom stereocenters. The van der Waals surface area contributed by atoms with Crippen molar-refractivity contribution in [1.29, 1.82) is 0 Å². The second kappa shape index (κ2) is 4.66. The molecule has 0 amide bonds. The molecule has 5 nitrogen and oxygen atoms in total. The van der Waals surface area contributed by atoms with Crippen molar-refractivity contribution < 1.29 is 22.9 Å². The van der Waals surface area contributed by atoms with Crippen LogP contribution in [0.25, 0.3) is 0 Å². The van der Waals surface area contributed by atoms with Crippen molar-refractivity contribution in [3.8, 4) is 0 Å². The zero-order valence-corrected chi connectivity index (χ0v) is 9.00. The van der Waals surface area contributed by atoms with E-state index in [2.05, 4.69) is 20.8 Å². The molecule has 0 radical (unpaired) electrons. The summed E-state index contributed by atoms with van der Waals surface area (Å²) in [5.41, 5.74) is 0.562. The summed E-state index contributed by atoms with van der Waals surface area (Å²) in [5.74, 6) is 0. The highest BCUT2D eigenvalue weighted by Gasteiger charge is 2.31. The van der Waals surface area contributed by atoms with Gasteiger partial charge in [-0.05, 0) is 22.0 Å². The van der Waals surface area contributed by atoms with E-state index in [0.717, 1.165) is 6.07 Å². The third kappa shape index (κ3) is 3.35. The number of halogens is 4. The lowest BCUT2D eigenvalue weighted by Crippen LogP contribution is -2.18. The molecule has 0 aliphatic rings. The highest BCUT2D eigenvalue weighted by molar-refractivity contribution is 9.10. The fourth-order valence-corrected chi connectivity index (χ4v) is 1.31. The predicted molar refractivity (Wildman–Crippen MR) is 51.6 cm³/mol. The van der Waals surface area contributed by atoms with E-state index in [0.29, 0.717) is 0 Å². The van der Waals surface area contributed by atoms with Gasteiger partial charge in [0.15, 0.2) is 5.69 Å². The topological polar surface area (TPSA) is 64.4 Å². The lowest BCUT2D eigenvalue weighted by molar-refractivity contribution is -0.384. The molecule has 1 rings (SSSR count). The minimum atomic E-state index is -4.93. The Labute approximate surface area is 95.4 Å². The standard InChI is InChI=1S/C7H4BrF3N2O3/c8-4-2-1-3-5(13(14)15)6(4)12-16-7(9,10)11/h1-3,12H. The van der Waals surface area contributed by atoms with E-state index in [1.165, 1.54) is 17.6 Å². The summed E-state index contributed by atoms with van der Waals surface area (Å²) >= 11 is 2.87. The molecule has 0 aliphatic carbocycles. The Morgan fingerprint density at radius 1 is 1.44 bits per heavy atom. The van der Waals surface area contributed by atoms with Crippen molar-refractivity contribution in [2.24, 2.45) is 0 Å². The van der Waals surface area contributed by atoms with Crippen LogP contribution in [0.5, 0.6) is 0 Å². The molecule has 1 aromatic rings. The lowest BCUT2D eigenvalue weighted by atomic mass is 10.3. The lowest BCUT2D eigenvalue weighted by Gasteiger charge is -2.10. The van der Waals surface area contributed by atoms with E-state index in [4.69, 9.17) is 0 Å². The molecule has 0 aromatic heterocycles. The van der Waals surface area contributed by atoms with Gasteiger partial charge in [-0.3, -0.25) is 15.6 Å². The maximum Gasteiger partial charge on any atom is 0.543 e. The second-order valence-electron chi connectivity index (χ2n) is 2.54. The molecule has 88 valence electrons. The number of para-hydroxylation sites is 1. The molecule has 0 saturated heterocycles. The van der Waals surface area contributed by atoms with Gasteiger partial charge in [0.2, 0.25) is 0 Å². The maximum absolute atomic E-state index is 11.7. The number of benzene rings is 1. The van der Waals surface area contributed by atoms with Crippen molar-refractivity contribution in [2.75, 3.05) is 5.48 Å². The van der Waals surface area contributed by atoms with Gasteiger partial charge in [0.25, 0.3) is 5.69 Å². The Morgan fingerprint density at radius 2 is 2.06 bits per heavy atom. The summed E-state index contributed by atoms with van der Waals surface area (Å²) < 4.78 is 35.3. The molecule has 0 aliphatic heterocycles. The third-order valence-electron chi connectivity index (χ3n) is 1.46. The number of nitrogens with one attached hydrogen (secondary N) is 1. The average Bonchev–Trinajstić information content (AvgIpc) is 2.13. The van der Waals surface area contributed by atoms with Gasteiger partial charge in [0, 0.05) is 6.07 Å². The van der Waals surface area contributed by atoms with E-state index < -0.39 is 22.7 Å². The first-order chi connectivity index (χ1) is 7.31. The Bertz CT molecular complexity index is 410. The monoisotopic (exact) mass is 300 g/mol. The Hall–Kier alpha value is -1.35. The van der Waals surface area contributed by atoms with Crippen LogP contribution in [0.4, 0.5) is 24.5 Å². The van der Waals surface area contributed by atoms with Crippen LogP contribution < -0.4 is 5.48 Å². The molecule has 16 heavy (non-hydrogen) atoms. The smallest absolute Gasteiger partial charge is 0.258 e. The van der Waals surface area contributed by atoms with Crippen LogP contribution in [0.1, 0.15) is 0 Å². The Balaban J connectivity index is 2.98. The van der Waals surface area contributed by atoms with Crippen LogP contribution in [0.2, 0.25) is 0 Å². The fraction of sp³-hybridized carbons (Fsp3) is 0.143. The minimum absolute atomic E-state index is 0.0888. The molecular weight excluding hydrogens is 297 g/mol. The number of hydrogen-bond acceptors (Lipinski definition) is 4. The predicted octanol–water partition coefficient (Wildman–Crippen LogP) is 3.22. The zero-order chi connectivity index (χ0) is 12.3. The highest BCUT2D eigenvalue weighted by Crippen LogP contribution is 2.33. The van der Waals surface area contributed by atoms with Crippen molar-refractivity contribution >= 4 is 27.3 Å². The molecule has 0 spiro atoms. The normalized spacial score (nSPS) is 11.2. The Morgan fingerprint density at radius 3 is 2.56 bits per heavy atom. The molecule has 0 heterocycles. The Kier molecular flexibility index (Phi) is 3.70. The summed E-state index contributed by atoms with van der Waals surface area (Å²) in [4.78, 5) is 13.0. The van der Waals surface area contributed by atoms with Crippen LogP contribution in [0.3, 0.4) is 0 Å². The second-order valence-corrected chi connectivity index (χ2v) is 3.40. The largest absolute Gasteiger partial charge is 0.543 e. The van der Waals surface area contributed by atoms with E-state index in [1.54, 1.807) is 0 Å². The van der Waals surface area contributed by atoms with Crippen LogP contribution >= 0.6 is 15.9 Å². The van der Waals surface area contributed by atoms with Crippen molar-refractivity contribution in [3.63, 3.8) is 0 Å². The van der Waals surface area contributed by atoms with E-state index >= 15 is 0 Å². The molecule has 0 saturated carbocycles. The molecule has 0 atom stereocenters. The van der Waals surface area contributed by atoms with Crippen LogP contribution in [-0.2, 0) is 4.84 Å². The summed E-state index contributed by atoms with van der Waals surface area (Å²) in [6.07, 6.45) is -4.93. The summed E-state index contributed by atoms with van der Waals surface area (Å²) in [6.45, 7) is 0. The molecular formula is C7H4BrF3N2O3. The summed E-state index contributed by atoms with van der Waals surface area (Å²) in [7, 11) is 0. The van der Waals surface area contributed by atoms with E-state index in [-0.39, 0.29) is 4.47 Å². The number of anilines is 1. The number of nitro groups is 1. The molecule has 0 bridgehead atoms. The minimum Gasteiger partial charge on any atom is -0.258 e. The first-order valence-corrected chi connectivity index (χ1v) is 4.54. The summed E-state index contributed by atoms with van der Waals surface area (Å²) in [5, 5.41) is 10.5. The van der Waals surface area contributed by atoms with Gasteiger partial charge in [0.05, 0.1) is 9.40 Å². The maximum atomic E-state index is 11.7. The fourth-order valence-electron chi connectivity index (χ4n) is 0.875. The first kappa shape index (κ1) is 12.7. The van der Waals surface area contributed by atoms with Crippen LogP contribution in [0.15, 0.2) is 22.7 Å². The number of rotatable bonds is 3. The van der Waals surface area contributed by atoms with Gasteiger partial charge in [-0.15, -0.1) is 13.2 Å². The third-order valence-corrected chi connectivity index (χ3v) is 2.12. The van der Waals surface area contributed by atoms with Gasteiger partial charge in [0.1, 0.15) is 0 Å². The first-order valence-electron chi connectivity index (χ1n) is 3.75. The number of alkyl halides is 3. The van der Waals surface area contributed by atoms with Gasteiger partial charge in [-0.1, -0.05) is 6.07 Å². The SMILES string of the molecule is O=[N+]([O-])c1cccc(Br)c1NOC(F)(F)F. The van der Waals surface area contributed by atoms with Crippen molar-refractivity contribution in [2.45, 2.75) is 6.36 Å². The van der Waals surface area contributed by atoms with Crippen LogP contribution in [0, 0.1) is 10.1 Å². The van der Waals surface area contributed by atoms with E-state index in [9.17, 15) is 23.3 Å². The molecule has 0 fully saturated rings. The highest BCUT2D eigenvalue weighted by atomic mass is 79.9. The zero-order valence-electron chi connectivity index (χ0n) is 7.42. The molecule has 1 N–H and O–H groups in total. The van der Waals surface area contributed by atoms with Gasteiger partial charge >= 0.3 is 6.36 Å². The molecule has 1 aromatic carbocycles. The number of hydrogen-bond donors (Lipinski definition) is 1. The van der Waals surface area contributed by atoms with Crippen LogP contribution in [-0.4, -0.2) is 11.3 Å². The van der Waals surface area contributed by atoms with Gasteiger partial charge < -0.3 is 0 Å². The van der Waals surface area contributed by atoms with Crippen molar-refractivity contribution in [1.82, 2.24) is 0 Å². The molecule has 9 heteroatoms. The van der Waals surface area contributed by atoms with Gasteiger partial charge in [-0.2, -0.15) is 4.84 Å². The van der Waals surface area contributed by atoms with Gasteiger partial charge in [-0.25, -0.2) is 0 Å². The summed E-state index contributed by atoms with van der Waals surface area (Å²) in [6, 6.07) is 3.71. The average molecular weight is 301 g/mol. The quantitative estimate of drug-likeness (QED) is 0.687. The number of nitro benzene ring substituents is 1. The van der Waals surface area contributed by atoms with Crippen molar-refractivity contribution in [3.05, 3.63) is 32.8 Å². The van der Waals surface area contributed by atoms with E-state index in [1.807, 2.05) is 0 Å².